The fraction of sp³-hybridized carbons (Fsp3) is 0.647. The second-order valence-electron chi connectivity index (χ2n) is 6.71. The molecule has 0 amide bonds. The summed E-state index contributed by atoms with van der Waals surface area (Å²) in [7, 11) is 2.22. The first-order chi connectivity index (χ1) is 9.45. The quantitative estimate of drug-likeness (QED) is 0.914. The average Bonchev–Trinajstić information content (AvgIpc) is 2.44. The van der Waals surface area contributed by atoms with Crippen molar-refractivity contribution in [2.45, 2.75) is 38.3 Å². The van der Waals surface area contributed by atoms with E-state index in [4.69, 9.17) is 5.73 Å². The summed E-state index contributed by atoms with van der Waals surface area (Å²) < 4.78 is 0. The first-order valence-corrected chi connectivity index (χ1v) is 7.66. The maximum Gasteiger partial charge on any atom is 0.0285 e. The Hall–Kier alpha value is -0.900. The van der Waals surface area contributed by atoms with Gasteiger partial charge in [0, 0.05) is 37.8 Å². The molecule has 0 aliphatic carbocycles. The van der Waals surface area contributed by atoms with E-state index < -0.39 is 0 Å². The number of benzene rings is 1. The molecule has 20 heavy (non-hydrogen) atoms. The fourth-order valence-electron chi connectivity index (χ4n) is 3.21. The lowest BCUT2D eigenvalue weighted by atomic mass is 9.89. The molecule has 1 heterocycles. The van der Waals surface area contributed by atoms with E-state index in [1.54, 1.807) is 0 Å². The number of piperazine rings is 1. The SMILES string of the molecule is CC(c1ccccc1)C(CN)N1CCN(C)C(C)(C)C1. The zero-order valence-electron chi connectivity index (χ0n) is 13.3. The molecule has 0 radical (unpaired) electrons. The van der Waals surface area contributed by atoms with Gasteiger partial charge in [0.1, 0.15) is 0 Å². The molecule has 0 spiro atoms. The molecule has 1 aromatic carbocycles. The van der Waals surface area contributed by atoms with Crippen molar-refractivity contribution in [1.29, 1.82) is 0 Å². The second kappa shape index (κ2) is 6.25. The zero-order valence-corrected chi connectivity index (χ0v) is 13.3. The van der Waals surface area contributed by atoms with E-state index in [1.807, 2.05) is 0 Å². The van der Waals surface area contributed by atoms with E-state index in [1.165, 1.54) is 5.56 Å². The fourth-order valence-corrected chi connectivity index (χ4v) is 3.21. The molecule has 1 aliphatic rings. The molecule has 0 aromatic heterocycles. The Bertz CT molecular complexity index is 416. The molecular weight excluding hydrogens is 246 g/mol. The van der Waals surface area contributed by atoms with Gasteiger partial charge < -0.3 is 5.73 Å². The molecule has 1 aliphatic heterocycles. The standard InChI is InChI=1S/C17H29N3/c1-14(15-8-6-5-7-9-15)16(12-18)20-11-10-19(4)17(2,3)13-20/h5-9,14,16H,10-13,18H2,1-4H3. The lowest BCUT2D eigenvalue weighted by molar-refractivity contribution is 0.0134. The highest BCUT2D eigenvalue weighted by Crippen LogP contribution is 2.27. The molecule has 2 atom stereocenters. The molecule has 0 bridgehead atoms. The van der Waals surface area contributed by atoms with Crippen molar-refractivity contribution < 1.29 is 0 Å². The van der Waals surface area contributed by atoms with Crippen LogP contribution in [0.15, 0.2) is 30.3 Å². The summed E-state index contributed by atoms with van der Waals surface area (Å²) in [6.45, 7) is 11.0. The van der Waals surface area contributed by atoms with Crippen molar-refractivity contribution in [3.63, 3.8) is 0 Å². The van der Waals surface area contributed by atoms with E-state index in [9.17, 15) is 0 Å². The molecule has 2 N–H and O–H groups in total. The number of nitrogens with two attached hydrogens (primary N) is 1. The largest absolute Gasteiger partial charge is 0.329 e. The molecule has 112 valence electrons. The minimum atomic E-state index is 0.224. The maximum absolute atomic E-state index is 6.11. The van der Waals surface area contributed by atoms with Gasteiger partial charge in [-0.05, 0) is 32.4 Å². The van der Waals surface area contributed by atoms with Gasteiger partial charge in [-0.25, -0.2) is 0 Å². The lowest BCUT2D eigenvalue weighted by Crippen LogP contribution is -2.61. The summed E-state index contributed by atoms with van der Waals surface area (Å²) in [6.07, 6.45) is 0. The summed E-state index contributed by atoms with van der Waals surface area (Å²) in [5.41, 5.74) is 7.72. The topological polar surface area (TPSA) is 32.5 Å². The molecule has 0 saturated carbocycles. The van der Waals surface area contributed by atoms with Gasteiger partial charge in [0.15, 0.2) is 0 Å². The highest BCUT2D eigenvalue weighted by atomic mass is 15.3. The highest BCUT2D eigenvalue weighted by Gasteiger charge is 2.35. The molecular formula is C17H29N3. The third kappa shape index (κ3) is 3.22. The maximum atomic E-state index is 6.11. The van der Waals surface area contributed by atoms with Crippen molar-refractivity contribution in [2.24, 2.45) is 5.73 Å². The summed E-state index contributed by atoms with van der Waals surface area (Å²) in [5.74, 6) is 0.473. The molecule has 1 aromatic rings. The van der Waals surface area contributed by atoms with E-state index in [0.29, 0.717) is 12.0 Å². The van der Waals surface area contributed by atoms with E-state index >= 15 is 0 Å². The monoisotopic (exact) mass is 275 g/mol. The van der Waals surface area contributed by atoms with Crippen LogP contribution in [-0.2, 0) is 0 Å². The van der Waals surface area contributed by atoms with Gasteiger partial charge in [-0.2, -0.15) is 0 Å². The van der Waals surface area contributed by atoms with Crippen molar-refractivity contribution in [1.82, 2.24) is 9.80 Å². The Morgan fingerprint density at radius 3 is 2.40 bits per heavy atom. The molecule has 3 nitrogen and oxygen atoms in total. The van der Waals surface area contributed by atoms with Crippen LogP contribution in [0.1, 0.15) is 32.3 Å². The third-order valence-electron chi connectivity index (χ3n) is 4.96. The van der Waals surface area contributed by atoms with Crippen LogP contribution in [0.25, 0.3) is 0 Å². The van der Waals surface area contributed by atoms with Crippen LogP contribution < -0.4 is 5.73 Å². The van der Waals surface area contributed by atoms with Crippen LogP contribution >= 0.6 is 0 Å². The normalized spacial score (nSPS) is 23.4. The van der Waals surface area contributed by atoms with Gasteiger partial charge in [-0.15, -0.1) is 0 Å². The van der Waals surface area contributed by atoms with Gasteiger partial charge >= 0.3 is 0 Å². The molecule has 1 saturated heterocycles. The van der Waals surface area contributed by atoms with Crippen LogP contribution in [0, 0.1) is 0 Å². The van der Waals surface area contributed by atoms with Gasteiger partial charge in [0.05, 0.1) is 0 Å². The summed E-state index contributed by atoms with van der Waals surface area (Å²) in [4.78, 5) is 5.03. The Morgan fingerprint density at radius 2 is 1.85 bits per heavy atom. The van der Waals surface area contributed by atoms with Gasteiger partial charge in [0.25, 0.3) is 0 Å². The number of hydrogen-bond acceptors (Lipinski definition) is 3. The molecule has 2 rings (SSSR count). The Balaban J connectivity index is 2.12. The lowest BCUT2D eigenvalue weighted by Gasteiger charge is -2.49. The Kier molecular flexibility index (Phi) is 4.84. The molecule has 1 fully saturated rings. The molecule has 3 heteroatoms. The van der Waals surface area contributed by atoms with Crippen LogP contribution in [0.3, 0.4) is 0 Å². The summed E-state index contributed by atoms with van der Waals surface area (Å²) >= 11 is 0. The first-order valence-electron chi connectivity index (χ1n) is 7.66. The Morgan fingerprint density at radius 1 is 1.20 bits per heavy atom. The van der Waals surface area contributed by atoms with E-state index in [-0.39, 0.29) is 5.54 Å². The van der Waals surface area contributed by atoms with Crippen LogP contribution in [0.4, 0.5) is 0 Å². The minimum absolute atomic E-state index is 0.224. The zero-order chi connectivity index (χ0) is 14.8. The predicted molar refractivity (Wildman–Crippen MR) is 86.0 cm³/mol. The average molecular weight is 275 g/mol. The number of rotatable bonds is 4. The highest BCUT2D eigenvalue weighted by molar-refractivity contribution is 5.21. The second-order valence-corrected chi connectivity index (χ2v) is 6.71. The minimum Gasteiger partial charge on any atom is -0.329 e. The van der Waals surface area contributed by atoms with Gasteiger partial charge in [-0.3, -0.25) is 9.80 Å². The van der Waals surface area contributed by atoms with Crippen molar-refractivity contribution in [3.05, 3.63) is 35.9 Å². The summed E-state index contributed by atoms with van der Waals surface area (Å²) in [5, 5.41) is 0. The van der Waals surface area contributed by atoms with Gasteiger partial charge in [0.2, 0.25) is 0 Å². The first kappa shape index (κ1) is 15.5. The van der Waals surface area contributed by atoms with Crippen LogP contribution in [-0.4, -0.2) is 54.6 Å². The van der Waals surface area contributed by atoms with Crippen molar-refractivity contribution in [2.75, 3.05) is 33.2 Å². The third-order valence-corrected chi connectivity index (χ3v) is 4.96. The molecule has 2 unspecified atom stereocenters. The van der Waals surface area contributed by atoms with Crippen molar-refractivity contribution >= 4 is 0 Å². The predicted octanol–water partition coefficient (Wildman–Crippen LogP) is 2.14. The van der Waals surface area contributed by atoms with Crippen LogP contribution in [0.2, 0.25) is 0 Å². The van der Waals surface area contributed by atoms with E-state index in [0.717, 1.165) is 26.2 Å². The van der Waals surface area contributed by atoms with Gasteiger partial charge in [-0.1, -0.05) is 37.3 Å². The van der Waals surface area contributed by atoms with Crippen molar-refractivity contribution in [3.8, 4) is 0 Å². The van der Waals surface area contributed by atoms with Crippen LogP contribution in [0.5, 0.6) is 0 Å². The number of hydrogen-bond donors (Lipinski definition) is 1. The number of likely N-dealkylation sites (N-methyl/N-ethyl adjacent to an activating group) is 1. The number of nitrogens with zero attached hydrogens (tertiary/aromatic N) is 2. The summed E-state index contributed by atoms with van der Waals surface area (Å²) in [6, 6.07) is 11.2. The van der Waals surface area contributed by atoms with E-state index in [2.05, 4.69) is 68.0 Å². The smallest absolute Gasteiger partial charge is 0.0285 e. The Labute approximate surface area is 123 Å².